The van der Waals surface area contributed by atoms with Crippen LogP contribution in [0.25, 0.3) is 0 Å². The highest BCUT2D eigenvalue weighted by molar-refractivity contribution is 7.86. The van der Waals surface area contributed by atoms with Crippen molar-refractivity contribution in [1.82, 2.24) is 23.6 Å². The number of hydrogen-bond donors (Lipinski definition) is 1. The maximum Gasteiger partial charge on any atom is 0.281 e. The van der Waals surface area contributed by atoms with Gasteiger partial charge in [0.2, 0.25) is 5.95 Å². The SMILES string of the molecule is Cc1cc(C)nc(Nc2ccc([C@H]3CCCN(S(=O)(=O)N(C)C)C3)nc2)n1. The van der Waals surface area contributed by atoms with Gasteiger partial charge in [-0.05, 0) is 44.9 Å². The molecule has 8 nitrogen and oxygen atoms in total. The third kappa shape index (κ3) is 4.60. The molecule has 0 amide bonds. The molecule has 2 aromatic heterocycles. The van der Waals surface area contributed by atoms with Gasteiger partial charge in [0.1, 0.15) is 0 Å². The van der Waals surface area contributed by atoms with Crippen LogP contribution in [0.5, 0.6) is 0 Å². The standard InChI is InChI=1S/C18H26N6O2S/c1-13-10-14(2)21-18(20-13)22-16-7-8-17(19-11-16)15-6-5-9-24(12-15)27(25,26)23(3)4/h7-8,10-11,15H,5-6,9,12H2,1-4H3,(H,20,21,22)/t15-/m0/s1. The molecular weight excluding hydrogens is 364 g/mol. The summed E-state index contributed by atoms with van der Waals surface area (Å²) >= 11 is 0. The van der Waals surface area contributed by atoms with Gasteiger partial charge in [-0.25, -0.2) is 9.97 Å². The molecule has 9 heteroatoms. The first kappa shape index (κ1) is 19.7. The van der Waals surface area contributed by atoms with Crippen LogP contribution in [0.2, 0.25) is 0 Å². The lowest BCUT2D eigenvalue weighted by Gasteiger charge is -2.33. The minimum absolute atomic E-state index is 0.0972. The molecule has 27 heavy (non-hydrogen) atoms. The van der Waals surface area contributed by atoms with Crippen LogP contribution in [0.1, 0.15) is 35.8 Å². The van der Waals surface area contributed by atoms with Gasteiger partial charge in [0.05, 0.1) is 11.9 Å². The van der Waals surface area contributed by atoms with E-state index in [-0.39, 0.29) is 5.92 Å². The van der Waals surface area contributed by atoms with E-state index in [0.29, 0.717) is 19.0 Å². The summed E-state index contributed by atoms with van der Waals surface area (Å²) in [5.41, 5.74) is 3.51. The molecule has 1 N–H and O–H groups in total. The Balaban J connectivity index is 1.71. The number of anilines is 2. The predicted octanol–water partition coefficient (Wildman–Crippen LogP) is 2.22. The minimum atomic E-state index is -3.39. The highest BCUT2D eigenvalue weighted by Crippen LogP contribution is 2.28. The topological polar surface area (TPSA) is 91.3 Å². The van der Waals surface area contributed by atoms with Gasteiger partial charge in [-0.3, -0.25) is 4.98 Å². The molecule has 3 rings (SSSR count). The fraction of sp³-hybridized carbons (Fsp3) is 0.500. The second-order valence-corrected chi connectivity index (χ2v) is 9.20. The maximum atomic E-state index is 12.4. The smallest absolute Gasteiger partial charge is 0.281 e. The number of aromatic nitrogens is 3. The molecular formula is C18H26N6O2S. The number of hydrogen-bond acceptors (Lipinski definition) is 6. The summed E-state index contributed by atoms with van der Waals surface area (Å²) in [6.07, 6.45) is 3.50. The van der Waals surface area contributed by atoms with Crippen LogP contribution >= 0.6 is 0 Å². The van der Waals surface area contributed by atoms with E-state index >= 15 is 0 Å². The molecule has 0 unspecified atom stereocenters. The van der Waals surface area contributed by atoms with E-state index in [1.807, 2.05) is 32.0 Å². The molecule has 0 saturated carbocycles. The molecule has 0 radical (unpaired) electrons. The summed E-state index contributed by atoms with van der Waals surface area (Å²) in [4.78, 5) is 13.3. The lowest BCUT2D eigenvalue weighted by molar-refractivity contribution is 0.296. The van der Waals surface area contributed by atoms with Gasteiger partial charge in [0.25, 0.3) is 10.2 Å². The largest absolute Gasteiger partial charge is 0.323 e. The van der Waals surface area contributed by atoms with E-state index in [0.717, 1.165) is 35.6 Å². The van der Waals surface area contributed by atoms with Crippen LogP contribution in [-0.4, -0.2) is 59.2 Å². The van der Waals surface area contributed by atoms with Crippen molar-refractivity contribution >= 4 is 21.8 Å². The number of nitrogens with one attached hydrogen (secondary N) is 1. The number of rotatable bonds is 5. The van der Waals surface area contributed by atoms with Gasteiger partial charge < -0.3 is 5.32 Å². The van der Waals surface area contributed by atoms with Crippen molar-refractivity contribution < 1.29 is 8.42 Å². The first-order chi connectivity index (χ1) is 12.8. The van der Waals surface area contributed by atoms with E-state index in [9.17, 15) is 8.42 Å². The van der Waals surface area contributed by atoms with Gasteiger partial charge >= 0.3 is 0 Å². The Morgan fingerprint density at radius 1 is 1.19 bits per heavy atom. The molecule has 1 saturated heterocycles. The number of nitrogens with zero attached hydrogens (tertiary/aromatic N) is 5. The third-order valence-electron chi connectivity index (χ3n) is 4.61. The van der Waals surface area contributed by atoms with Crippen molar-refractivity contribution in [2.24, 2.45) is 0 Å². The van der Waals surface area contributed by atoms with Gasteiger partial charge in [-0.2, -0.15) is 17.0 Å². The first-order valence-electron chi connectivity index (χ1n) is 8.98. The van der Waals surface area contributed by atoms with E-state index < -0.39 is 10.2 Å². The Bertz CT molecular complexity index is 878. The van der Waals surface area contributed by atoms with E-state index in [1.165, 1.54) is 4.31 Å². The monoisotopic (exact) mass is 390 g/mol. The van der Waals surface area contributed by atoms with Crippen molar-refractivity contribution in [2.45, 2.75) is 32.6 Å². The zero-order chi connectivity index (χ0) is 19.6. The fourth-order valence-electron chi connectivity index (χ4n) is 3.26. The maximum absolute atomic E-state index is 12.4. The summed E-state index contributed by atoms with van der Waals surface area (Å²) in [7, 11) is -0.263. The van der Waals surface area contributed by atoms with Crippen LogP contribution in [0.15, 0.2) is 24.4 Å². The molecule has 146 valence electrons. The van der Waals surface area contributed by atoms with Gasteiger partial charge in [0, 0.05) is 50.2 Å². The van der Waals surface area contributed by atoms with Crippen LogP contribution in [0.4, 0.5) is 11.6 Å². The zero-order valence-electron chi connectivity index (χ0n) is 16.2. The van der Waals surface area contributed by atoms with E-state index in [1.54, 1.807) is 24.6 Å². The molecule has 0 spiro atoms. The minimum Gasteiger partial charge on any atom is -0.323 e. The molecule has 1 atom stereocenters. The Morgan fingerprint density at radius 3 is 2.48 bits per heavy atom. The van der Waals surface area contributed by atoms with Crippen LogP contribution < -0.4 is 5.32 Å². The summed E-state index contributed by atoms with van der Waals surface area (Å²) in [5.74, 6) is 0.642. The first-order valence-corrected chi connectivity index (χ1v) is 10.4. The normalized spacial score (nSPS) is 18.6. The second kappa shape index (κ2) is 7.87. The molecule has 3 heterocycles. The molecule has 0 aliphatic carbocycles. The highest BCUT2D eigenvalue weighted by atomic mass is 32.2. The van der Waals surface area contributed by atoms with Crippen molar-refractivity contribution in [3.63, 3.8) is 0 Å². The third-order valence-corrected chi connectivity index (χ3v) is 6.52. The van der Waals surface area contributed by atoms with E-state index in [4.69, 9.17) is 0 Å². The highest BCUT2D eigenvalue weighted by Gasteiger charge is 2.31. The van der Waals surface area contributed by atoms with Gasteiger partial charge in [-0.1, -0.05) is 0 Å². The van der Waals surface area contributed by atoms with Crippen molar-refractivity contribution in [3.8, 4) is 0 Å². The number of piperidine rings is 1. The molecule has 1 aliphatic rings. The van der Waals surface area contributed by atoms with Crippen molar-refractivity contribution in [1.29, 1.82) is 0 Å². The Hall–Kier alpha value is -2.10. The lowest BCUT2D eigenvalue weighted by atomic mass is 9.95. The summed E-state index contributed by atoms with van der Waals surface area (Å²) in [6.45, 7) is 4.87. The molecule has 0 aromatic carbocycles. The summed E-state index contributed by atoms with van der Waals surface area (Å²) in [5, 5.41) is 3.17. The van der Waals surface area contributed by atoms with Crippen molar-refractivity contribution in [3.05, 3.63) is 41.5 Å². The van der Waals surface area contributed by atoms with Gasteiger partial charge in [-0.15, -0.1) is 0 Å². The average molecular weight is 391 g/mol. The molecule has 2 aromatic rings. The van der Waals surface area contributed by atoms with E-state index in [2.05, 4.69) is 20.3 Å². The Kier molecular flexibility index (Phi) is 5.73. The fourth-order valence-corrected chi connectivity index (χ4v) is 4.45. The average Bonchev–Trinajstić information content (AvgIpc) is 2.61. The Morgan fingerprint density at radius 2 is 1.89 bits per heavy atom. The quantitative estimate of drug-likeness (QED) is 0.842. The van der Waals surface area contributed by atoms with Crippen LogP contribution in [0.3, 0.4) is 0 Å². The molecule has 1 fully saturated rings. The Labute approximate surface area is 160 Å². The summed E-state index contributed by atoms with van der Waals surface area (Å²) in [6, 6.07) is 5.80. The zero-order valence-corrected chi connectivity index (χ0v) is 17.0. The van der Waals surface area contributed by atoms with Crippen molar-refractivity contribution in [2.75, 3.05) is 32.5 Å². The number of aryl methyl sites for hydroxylation is 2. The molecule has 1 aliphatic heterocycles. The van der Waals surface area contributed by atoms with Crippen LogP contribution in [-0.2, 0) is 10.2 Å². The second-order valence-electron chi connectivity index (χ2n) is 7.06. The predicted molar refractivity (Wildman–Crippen MR) is 105 cm³/mol. The molecule has 0 bridgehead atoms. The van der Waals surface area contributed by atoms with Crippen LogP contribution in [0, 0.1) is 13.8 Å². The summed E-state index contributed by atoms with van der Waals surface area (Å²) < 4.78 is 27.6. The number of pyridine rings is 1. The van der Waals surface area contributed by atoms with Gasteiger partial charge in [0.15, 0.2) is 0 Å². The lowest BCUT2D eigenvalue weighted by Crippen LogP contribution is -2.45.